The lowest BCUT2D eigenvalue weighted by molar-refractivity contribution is 0.0399. The van der Waals surface area contributed by atoms with Gasteiger partial charge in [-0.3, -0.25) is 9.97 Å². The number of thiazole rings is 1. The number of ether oxygens (including phenoxy) is 2. The van der Waals surface area contributed by atoms with Gasteiger partial charge < -0.3 is 14.0 Å². The van der Waals surface area contributed by atoms with Crippen LogP contribution < -0.4 is 4.80 Å². The second kappa shape index (κ2) is 9.23. The largest absolute Gasteiger partial charge is 0.379 e. The van der Waals surface area contributed by atoms with Gasteiger partial charge in [0.1, 0.15) is 5.69 Å². The summed E-state index contributed by atoms with van der Waals surface area (Å²) >= 11 is 1.62. The Hall–Kier alpha value is -2.35. The highest BCUT2D eigenvalue weighted by atomic mass is 32.1. The summed E-state index contributed by atoms with van der Waals surface area (Å²) in [5.41, 5.74) is 4.07. The molecule has 1 atom stereocenters. The molecule has 4 rings (SSSR count). The van der Waals surface area contributed by atoms with Crippen LogP contribution in [0.5, 0.6) is 0 Å². The number of hydrogen-bond acceptors (Lipinski definition) is 6. The lowest BCUT2D eigenvalue weighted by atomic mass is 10.2. The Kier molecular flexibility index (Phi) is 6.26. The van der Waals surface area contributed by atoms with Crippen LogP contribution in [0.25, 0.3) is 11.4 Å². The van der Waals surface area contributed by atoms with Crippen molar-refractivity contribution < 1.29 is 9.47 Å². The van der Waals surface area contributed by atoms with E-state index in [-0.39, 0.29) is 6.10 Å². The third-order valence-corrected chi connectivity index (χ3v) is 5.51. The molecule has 1 unspecified atom stereocenters. The average Bonchev–Trinajstić information content (AvgIpc) is 3.38. The fourth-order valence-electron chi connectivity index (χ4n) is 3.12. The highest BCUT2D eigenvalue weighted by Crippen LogP contribution is 2.19. The summed E-state index contributed by atoms with van der Waals surface area (Å²) in [5.74, 6) is 0. The van der Waals surface area contributed by atoms with Gasteiger partial charge in [0.2, 0.25) is 0 Å². The van der Waals surface area contributed by atoms with Crippen LogP contribution in [-0.2, 0) is 16.0 Å². The Bertz CT molecular complexity index is 945. The van der Waals surface area contributed by atoms with Crippen molar-refractivity contribution >= 4 is 17.0 Å². The van der Waals surface area contributed by atoms with Crippen LogP contribution in [-0.4, -0.2) is 40.5 Å². The van der Waals surface area contributed by atoms with Crippen molar-refractivity contribution in [2.24, 2.45) is 4.99 Å². The van der Waals surface area contributed by atoms with Gasteiger partial charge in [-0.05, 0) is 31.9 Å². The first-order valence-corrected chi connectivity index (χ1v) is 10.4. The summed E-state index contributed by atoms with van der Waals surface area (Å²) in [4.78, 5) is 14.5. The van der Waals surface area contributed by atoms with Crippen LogP contribution in [0.3, 0.4) is 0 Å². The Morgan fingerprint density at radius 3 is 2.93 bits per heavy atom. The molecule has 28 heavy (non-hydrogen) atoms. The third-order valence-electron chi connectivity index (χ3n) is 4.65. The van der Waals surface area contributed by atoms with Gasteiger partial charge in [0.25, 0.3) is 0 Å². The van der Waals surface area contributed by atoms with E-state index in [1.807, 2.05) is 12.1 Å². The molecule has 3 aromatic rings. The molecule has 1 aromatic carbocycles. The Labute approximate surface area is 168 Å². The predicted octanol–water partition coefficient (Wildman–Crippen LogP) is 3.74. The number of hydrogen-bond donors (Lipinski definition) is 0. The standard InChI is InChI=1S/C21H24N4O2S/c1-16-3-5-17(6-4-16)24-21-25(10-2-11-27-18-7-12-26-14-18)20(15-28-21)19-13-22-8-9-23-19/h3-6,8-9,13,15,18H,2,7,10-12,14H2,1H3. The summed E-state index contributed by atoms with van der Waals surface area (Å²) in [7, 11) is 0. The molecule has 1 aliphatic rings. The molecule has 0 N–H and O–H groups in total. The molecular weight excluding hydrogens is 372 g/mol. The maximum Gasteiger partial charge on any atom is 0.190 e. The Morgan fingerprint density at radius 2 is 2.18 bits per heavy atom. The molecule has 2 aromatic heterocycles. The van der Waals surface area contributed by atoms with Crippen LogP contribution in [0, 0.1) is 6.92 Å². The second-order valence-corrected chi connectivity index (χ2v) is 7.64. The minimum absolute atomic E-state index is 0.239. The van der Waals surface area contributed by atoms with Crippen LogP contribution in [0.4, 0.5) is 5.69 Å². The van der Waals surface area contributed by atoms with Crippen molar-refractivity contribution in [1.82, 2.24) is 14.5 Å². The molecule has 0 radical (unpaired) electrons. The van der Waals surface area contributed by atoms with E-state index < -0.39 is 0 Å². The number of aryl methyl sites for hydroxylation is 1. The second-order valence-electron chi connectivity index (χ2n) is 6.80. The number of nitrogens with zero attached hydrogens (tertiary/aromatic N) is 4. The molecule has 1 aliphatic heterocycles. The van der Waals surface area contributed by atoms with E-state index in [1.165, 1.54) is 5.56 Å². The molecule has 1 fully saturated rings. The van der Waals surface area contributed by atoms with Gasteiger partial charge in [0.05, 0.1) is 30.3 Å². The van der Waals surface area contributed by atoms with Crippen molar-refractivity contribution in [3.63, 3.8) is 0 Å². The molecule has 3 heterocycles. The molecule has 1 saturated heterocycles. The molecule has 0 aliphatic carbocycles. The zero-order valence-electron chi connectivity index (χ0n) is 16.0. The van der Waals surface area contributed by atoms with Crippen LogP contribution >= 0.6 is 11.3 Å². The summed E-state index contributed by atoms with van der Waals surface area (Å²) < 4.78 is 13.5. The van der Waals surface area contributed by atoms with E-state index in [0.717, 1.165) is 47.9 Å². The fraction of sp³-hybridized carbons (Fsp3) is 0.381. The third kappa shape index (κ3) is 4.73. The van der Waals surface area contributed by atoms with Crippen molar-refractivity contribution in [1.29, 1.82) is 0 Å². The van der Waals surface area contributed by atoms with Crippen molar-refractivity contribution in [2.45, 2.75) is 32.4 Å². The quantitative estimate of drug-likeness (QED) is 0.571. The molecule has 0 saturated carbocycles. The minimum atomic E-state index is 0.239. The Balaban J connectivity index is 1.56. The SMILES string of the molecule is Cc1ccc(N=c2scc(-c3cnccn3)n2CCCOC2CCOC2)cc1. The summed E-state index contributed by atoms with van der Waals surface area (Å²) in [6, 6.07) is 8.25. The van der Waals surface area contributed by atoms with Gasteiger partial charge in [-0.1, -0.05) is 17.7 Å². The lowest BCUT2D eigenvalue weighted by Crippen LogP contribution is -2.19. The monoisotopic (exact) mass is 396 g/mol. The summed E-state index contributed by atoms with van der Waals surface area (Å²) in [5, 5.41) is 2.10. The molecule has 6 nitrogen and oxygen atoms in total. The minimum Gasteiger partial charge on any atom is -0.379 e. The van der Waals surface area contributed by atoms with E-state index in [0.29, 0.717) is 13.2 Å². The zero-order chi connectivity index (χ0) is 19.2. The molecule has 0 spiro atoms. The van der Waals surface area contributed by atoms with Crippen molar-refractivity contribution in [3.8, 4) is 11.4 Å². The summed E-state index contributed by atoms with van der Waals surface area (Å²) in [6.45, 7) is 5.12. The normalized spacial score (nSPS) is 17.3. The number of aromatic nitrogens is 3. The van der Waals surface area contributed by atoms with E-state index in [9.17, 15) is 0 Å². The van der Waals surface area contributed by atoms with E-state index >= 15 is 0 Å². The van der Waals surface area contributed by atoms with E-state index in [2.05, 4.69) is 39.0 Å². The lowest BCUT2D eigenvalue weighted by Gasteiger charge is -2.11. The highest BCUT2D eigenvalue weighted by Gasteiger charge is 2.16. The maximum atomic E-state index is 5.92. The van der Waals surface area contributed by atoms with Gasteiger partial charge in [-0.25, -0.2) is 4.99 Å². The Morgan fingerprint density at radius 1 is 1.29 bits per heavy atom. The first-order chi connectivity index (χ1) is 13.8. The molecule has 0 bridgehead atoms. The van der Waals surface area contributed by atoms with Crippen molar-refractivity contribution in [3.05, 3.63) is 58.6 Å². The van der Waals surface area contributed by atoms with Gasteiger partial charge in [0.15, 0.2) is 4.80 Å². The molecule has 7 heteroatoms. The zero-order valence-corrected chi connectivity index (χ0v) is 16.8. The summed E-state index contributed by atoms with van der Waals surface area (Å²) in [6.07, 6.45) is 7.34. The number of rotatable bonds is 7. The van der Waals surface area contributed by atoms with Crippen molar-refractivity contribution in [2.75, 3.05) is 19.8 Å². The first-order valence-electron chi connectivity index (χ1n) is 9.55. The highest BCUT2D eigenvalue weighted by molar-refractivity contribution is 7.07. The fourth-order valence-corrected chi connectivity index (χ4v) is 4.06. The van der Waals surface area contributed by atoms with E-state index in [1.54, 1.807) is 29.9 Å². The van der Waals surface area contributed by atoms with Crippen LogP contribution in [0.2, 0.25) is 0 Å². The molecular formula is C21H24N4O2S. The van der Waals surface area contributed by atoms with Gasteiger partial charge >= 0.3 is 0 Å². The molecule has 0 amide bonds. The number of benzene rings is 1. The maximum absolute atomic E-state index is 5.92. The smallest absolute Gasteiger partial charge is 0.190 e. The topological polar surface area (TPSA) is 61.5 Å². The molecule has 146 valence electrons. The average molecular weight is 397 g/mol. The van der Waals surface area contributed by atoms with Gasteiger partial charge in [0, 0.05) is 37.5 Å². The van der Waals surface area contributed by atoms with Gasteiger partial charge in [-0.2, -0.15) is 0 Å². The first kappa shape index (κ1) is 19.0. The van der Waals surface area contributed by atoms with Gasteiger partial charge in [-0.15, -0.1) is 11.3 Å². The van der Waals surface area contributed by atoms with Crippen LogP contribution in [0.1, 0.15) is 18.4 Å². The van der Waals surface area contributed by atoms with Crippen LogP contribution in [0.15, 0.2) is 53.2 Å². The van der Waals surface area contributed by atoms with E-state index in [4.69, 9.17) is 14.5 Å². The predicted molar refractivity (Wildman–Crippen MR) is 110 cm³/mol.